The fourth-order valence-corrected chi connectivity index (χ4v) is 29.6. The smallest absolute Gasteiger partial charge is 0.0286 e. The van der Waals surface area contributed by atoms with E-state index in [-0.39, 0.29) is 0 Å². The van der Waals surface area contributed by atoms with Gasteiger partial charge in [-0.25, -0.2) is 0 Å². The molecule has 0 aliphatic rings. The van der Waals surface area contributed by atoms with Crippen LogP contribution in [0.15, 0.2) is 0 Å². The molecule has 0 fully saturated rings. The summed E-state index contributed by atoms with van der Waals surface area (Å²) in [4.78, 5) is 0. The van der Waals surface area contributed by atoms with E-state index < -0.39 is 0 Å². The van der Waals surface area contributed by atoms with Gasteiger partial charge in [-0.1, -0.05) is 117 Å². The Morgan fingerprint density at radius 3 is 1.55 bits per heavy atom. The second-order valence-electron chi connectivity index (χ2n) is 6.03. The third-order valence-corrected chi connectivity index (χ3v) is 26.3. The fraction of sp³-hybridized carbons (Fsp3) is 1.00. The number of hydrogen-bond acceptors (Lipinski definition) is 0. The van der Waals surface area contributed by atoms with Gasteiger partial charge in [0.2, 0.25) is 0 Å². The average molecular weight is 418 g/mol. The van der Waals surface area contributed by atoms with Crippen LogP contribution in [0.3, 0.4) is 0 Å². The van der Waals surface area contributed by atoms with E-state index >= 15 is 0 Å². The highest BCUT2D eigenvalue weighted by Crippen LogP contribution is 2.76. The second kappa shape index (κ2) is 21.6. The molecule has 5 unspecified atom stereocenters. The third kappa shape index (κ3) is 18.9. The van der Waals surface area contributed by atoms with Crippen LogP contribution in [0.4, 0.5) is 0 Å². The van der Waals surface area contributed by atoms with Gasteiger partial charge in [0.15, 0.2) is 0 Å². The van der Waals surface area contributed by atoms with Crippen molar-refractivity contribution in [2.45, 2.75) is 90.9 Å². The maximum absolute atomic E-state index is 2.94. The molecule has 0 aliphatic carbocycles. The van der Waals surface area contributed by atoms with Gasteiger partial charge in [-0.2, -0.15) is 0 Å². The zero-order chi connectivity index (χ0) is 16.3. The fourth-order valence-electron chi connectivity index (χ4n) is 2.53. The summed E-state index contributed by atoms with van der Waals surface area (Å²) in [5.41, 5.74) is 0. The molecule has 0 aliphatic heterocycles. The Hall–Kier alpha value is 2.58. The summed E-state index contributed by atoms with van der Waals surface area (Å²) in [5.74, 6) is 0. The van der Waals surface area contributed by atoms with E-state index in [1.807, 2.05) is 0 Å². The summed E-state index contributed by atoms with van der Waals surface area (Å²) in [6, 6.07) is 0. The molecule has 0 nitrogen and oxygen atoms in total. The summed E-state index contributed by atoms with van der Waals surface area (Å²) in [7, 11) is 8.43. The van der Waals surface area contributed by atoms with Gasteiger partial charge in [0.05, 0.1) is 0 Å². The first-order valence-corrected chi connectivity index (χ1v) is 20.7. The third-order valence-electron chi connectivity index (χ3n) is 3.91. The Balaban J connectivity index is 3.65. The predicted octanol–water partition coefficient (Wildman–Crippen LogP) is 9.35. The van der Waals surface area contributed by atoms with E-state index in [0.717, 1.165) is 7.96 Å². The lowest BCUT2D eigenvalue weighted by atomic mass is 10.1. The van der Waals surface area contributed by atoms with Crippen LogP contribution < -0.4 is 0 Å². The van der Waals surface area contributed by atoms with Crippen LogP contribution in [-0.4, -0.2) is 12.3 Å². The van der Waals surface area contributed by atoms with Gasteiger partial charge >= 0.3 is 0 Å². The summed E-state index contributed by atoms with van der Waals surface area (Å²) in [6.45, 7) is 4.63. The van der Waals surface area contributed by atoms with E-state index in [0.29, 0.717) is 7.61 Å². The molecule has 0 heterocycles. The lowest BCUT2D eigenvalue weighted by molar-refractivity contribution is 0.622. The van der Waals surface area contributed by atoms with Crippen molar-refractivity contribution in [3.05, 3.63) is 0 Å². The lowest BCUT2D eigenvalue weighted by Crippen LogP contribution is -1.88. The molecule has 0 amide bonds. The Labute approximate surface area is 151 Å². The van der Waals surface area contributed by atoms with Crippen LogP contribution in [-0.2, 0) is 0 Å². The van der Waals surface area contributed by atoms with Crippen molar-refractivity contribution < 1.29 is 0 Å². The zero-order valence-electron chi connectivity index (χ0n) is 14.9. The van der Waals surface area contributed by atoms with Gasteiger partial charge in [0, 0.05) is 0 Å². The molecule has 5 atom stereocenters. The van der Waals surface area contributed by atoms with Gasteiger partial charge in [-0.3, -0.25) is 0 Å². The molecule has 0 saturated carbocycles. The molecule has 0 aromatic heterocycles. The van der Waals surface area contributed by atoms with Crippen molar-refractivity contribution in [2.24, 2.45) is 0 Å². The van der Waals surface area contributed by atoms with Crippen molar-refractivity contribution in [1.82, 2.24) is 0 Å². The predicted molar refractivity (Wildman–Crippen MR) is 126 cm³/mol. The van der Waals surface area contributed by atoms with Gasteiger partial charge < -0.3 is 0 Å². The molecule has 0 aromatic rings. The van der Waals surface area contributed by atoms with Crippen LogP contribution >= 0.6 is 48.4 Å². The minimum atomic E-state index is 0.421. The molecule has 0 rings (SSSR count). The monoisotopic (exact) mass is 418 g/mol. The van der Waals surface area contributed by atoms with Crippen molar-refractivity contribution in [3.63, 3.8) is 0 Å². The molecular weight excluding hydrogens is 378 g/mol. The first-order valence-electron chi connectivity index (χ1n) is 9.31. The number of hydrogen-bond donors (Lipinski definition) is 0. The van der Waals surface area contributed by atoms with E-state index in [2.05, 4.69) is 22.8 Å². The van der Waals surface area contributed by atoms with Crippen molar-refractivity contribution in [2.75, 3.05) is 12.3 Å². The molecule has 6 heteroatoms. The van der Waals surface area contributed by atoms with Gasteiger partial charge in [0.1, 0.15) is 0 Å². The van der Waals surface area contributed by atoms with Crippen LogP contribution in [0.25, 0.3) is 0 Å². The highest BCUT2D eigenvalue weighted by molar-refractivity contribution is 8.75. The van der Waals surface area contributed by atoms with Crippen LogP contribution in [0, 0.1) is 0 Å². The Kier molecular flexibility index (Phi) is 24.2. The minimum Gasteiger partial charge on any atom is -0.110 e. The molecule has 0 spiro atoms. The first kappa shape index (κ1) is 24.6. The summed E-state index contributed by atoms with van der Waals surface area (Å²) in [5, 5.41) is 0. The second-order valence-corrected chi connectivity index (χ2v) is 23.1. The molecule has 22 heavy (non-hydrogen) atoms. The van der Waals surface area contributed by atoms with E-state index in [4.69, 9.17) is 0 Å². The summed E-state index contributed by atoms with van der Waals surface area (Å²) >= 11 is 0. The average Bonchev–Trinajstić information content (AvgIpc) is 2.53. The highest BCUT2D eigenvalue weighted by Gasteiger charge is 2.07. The molecule has 0 aromatic carbocycles. The summed E-state index contributed by atoms with van der Waals surface area (Å²) in [6.07, 6.45) is 20.9. The summed E-state index contributed by atoms with van der Waals surface area (Å²) < 4.78 is 0. The van der Waals surface area contributed by atoms with Crippen LogP contribution in [0.1, 0.15) is 90.9 Å². The van der Waals surface area contributed by atoms with Gasteiger partial charge in [-0.05, 0) is 25.2 Å². The quantitative estimate of drug-likeness (QED) is 0.154. The van der Waals surface area contributed by atoms with Crippen molar-refractivity contribution >= 4 is 48.4 Å². The topological polar surface area (TPSA) is 0 Å². The van der Waals surface area contributed by atoms with Gasteiger partial charge in [-0.15, -0.1) is 8.93 Å². The molecule has 0 saturated heterocycles. The van der Waals surface area contributed by atoms with E-state index in [1.54, 1.807) is 12.3 Å². The van der Waals surface area contributed by atoms with E-state index in [9.17, 15) is 0 Å². The Morgan fingerprint density at radius 1 is 0.636 bits per heavy atom. The minimum absolute atomic E-state index is 0.421. The van der Waals surface area contributed by atoms with Crippen LogP contribution in [0.2, 0.25) is 0 Å². The zero-order valence-corrected chi connectivity index (χ0v) is 21.0. The Bertz CT molecular complexity index is 187. The van der Waals surface area contributed by atoms with Gasteiger partial charge in [0.25, 0.3) is 0 Å². The molecule has 0 bridgehead atoms. The van der Waals surface area contributed by atoms with Crippen LogP contribution in [0.5, 0.6) is 0 Å². The number of unbranched alkanes of at least 4 members (excludes halogenated alkanes) is 10. The molecule has 0 N–H and O–H groups in total. The highest BCUT2D eigenvalue weighted by atomic mass is 32.8. The molecule has 134 valence electrons. The Morgan fingerprint density at radius 2 is 1.09 bits per heavy atom. The first-order chi connectivity index (χ1) is 10.8. The molecular formula is C16H40P6. The maximum Gasteiger partial charge on any atom is -0.0286 e. The lowest BCUT2D eigenvalue weighted by Gasteiger charge is -2.17. The van der Waals surface area contributed by atoms with Crippen molar-refractivity contribution in [1.29, 1.82) is 0 Å². The SMILES string of the molecule is CCCCCCCCP(CCCCCCCC)PPPPP. The maximum atomic E-state index is 2.94. The standard InChI is InChI=1S/C16H40P6/c1-3-5-7-9-11-13-15-22(21-20-19-18-17)16-14-12-10-8-6-4-2/h18-21H,3-17H2,1-2H3. The van der Waals surface area contributed by atoms with Crippen molar-refractivity contribution in [3.8, 4) is 0 Å². The molecule has 0 radical (unpaired) electrons. The number of rotatable bonds is 18. The van der Waals surface area contributed by atoms with E-state index in [1.165, 1.54) is 101 Å². The normalized spacial score (nSPS) is 13.6. The largest absolute Gasteiger partial charge is 0.110 e.